The lowest BCUT2D eigenvalue weighted by Crippen LogP contribution is -2.41. The van der Waals surface area contributed by atoms with Gasteiger partial charge in [-0.15, -0.1) is 0 Å². The van der Waals surface area contributed by atoms with Gasteiger partial charge in [0.2, 0.25) is 0 Å². The van der Waals surface area contributed by atoms with E-state index in [0.717, 1.165) is 54.7 Å². The maximum Gasteiger partial charge on any atom is 0.272 e. The molecule has 1 aliphatic heterocycles. The molecule has 1 amide bonds. The number of aromatic amines is 1. The molecule has 6 nitrogen and oxygen atoms in total. The topological polar surface area (TPSA) is 70.2 Å². The first-order valence-corrected chi connectivity index (χ1v) is 10.5. The SMILES string of the molecule is COc1ccccc1/C=C/CN1CCC[C@@H](CNC(=O)c2n[nH]c3ccccc23)C1. The average Bonchev–Trinajstić information content (AvgIpc) is 3.22. The summed E-state index contributed by atoms with van der Waals surface area (Å²) >= 11 is 0. The van der Waals surface area contributed by atoms with Crippen LogP contribution in [0.15, 0.2) is 54.6 Å². The van der Waals surface area contributed by atoms with Crippen LogP contribution in [0.4, 0.5) is 0 Å². The summed E-state index contributed by atoms with van der Waals surface area (Å²) in [5.41, 5.74) is 2.44. The Balaban J connectivity index is 1.29. The Kier molecular flexibility index (Phi) is 6.44. The highest BCUT2D eigenvalue weighted by Gasteiger charge is 2.21. The van der Waals surface area contributed by atoms with E-state index in [2.05, 4.69) is 38.6 Å². The zero-order valence-electron chi connectivity index (χ0n) is 17.3. The Hall–Kier alpha value is -3.12. The molecule has 1 fully saturated rings. The van der Waals surface area contributed by atoms with Crippen molar-refractivity contribution in [2.45, 2.75) is 12.8 Å². The van der Waals surface area contributed by atoms with E-state index in [1.807, 2.05) is 42.5 Å². The van der Waals surface area contributed by atoms with Gasteiger partial charge in [0.25, 0.3) is 5.91 Å². The van der Waals surface area contributed by atoms with E-state index in [1.54, 1.807) is 7.11 Å². The zero-order chi connectivity index (χ0) is 20.8. The number of carbonyl (C=O) groups excluding carboxylic acids is 1. The summed E-state index contributed by atoms with van der Waals surface area (Å²) in [5, 5.41) is 11.1. The van der Waals surface area contributed by atoms with Crippen molar-refractivity contribution in [2.24, 2.45) is 5.92 Å². The number of nitrogens with zero attached hydrogens (tertiary/aromatic N) is 2. The number of benzene rings is 2. The van der Waals surface area contributed by atoms with Crippen molar-refractivity contribution in [1.29, 1.82) is 0 Å². The van der Waals surface area contributed by atoms with Gasteiger partial charge in [0.1, 0.15) is 5.75 Å². The van der Waals surface area contributed by atoms with Gasteiger partial charge in [-0.2, -0.15) is 5.10 Å². The number of methoxy groups -OCH3 is 1. The number of carbonyl (C=O) groups is 1. The number of hydrogen-bond acceptors (Lipinski definition) is 4. The largest absolute Gasteiger partial charge is 0.496 e. The van der Waals surface area contributed by atoms with Crippen molar-refractivity contribution in [1.82, 2.24) is 20.4 Å². The number of H-pyrrole nitrogens is 1. The molecule has 30 heavy (non-hydrogen) atoms. The lowest BCUT2D eigenvalue weighted by Gasteiger charge is -2.32. The second-order valence-electron chi connectivity index (χ2n) is 7.74. The van der Waals surface area contributed by atoms with Gasteiger partial charge in [0, 0.05) is 30.6 Å². The van der Waals surface area contributed by atoms with Gasteiger partial charge in [-0.1, -0.05) is 48.6 Å². The quantitative estimate of drug-likeness (QED) is 0.630. The third kappa shape index (κ3) is 4.71. The van der Waals surface area contributed by atoms with E-state index < -0.39 is 0 Å². The van der Waals surface area contributed by atoms with Crippen molar-refractivity contribution in [3.05, 3.63) is 65.9 Å². The fourth-order valence-electron chi connectivity index (χ4n) is 4.07. The van der Waals surface area contributed by atoms with Crippen LogP contribution >= 0.6 is 0 Å². The Labute approximate surface area is 176 Å². The standard InChI is InChI=1S/C24H28N4O2/c1-30-22-13-5-2-9-19(22)10-7-15-28-14-6-8-18(17-28)16-25-24(29)23-20-11-3-4-12-21(20)26-27-23/h2-5,7,9-13,18H,6,8,14-17H2,1H3,(H,25,29)(H,26,27)/b10-7+/t18-/m0/s1. The van der Waals surface area contributed by atoms with Gasteiger partial charge in [-0.05, 0) is 37.4 Å². The second kappa shape index (κ2) is 9.59. The number of para-hydroxylation sites is 2. The highest BCUT2D eigenvalue weighted by atomic mass is 16.5. The maximum atomic E-state index is 12.6. The van der Waals surface area contributed by atoms with Gasteiger partial charge in [0.05, 0.1) is 12.6 Å². The van der Waals surface area contributed by atoms with Crippen LogP contribution in [-0.4, -0.2) is 54.3 Å². The van der Waals surface area contributed by atoms with Crippen LogP contribution in [0.5, 0.6) is 5.75 Å². The minimum Gasteiger partial charge on any atom is -0.496 e. The first-order valence-electron chi connectivity index (χ1n) is 10.5. The zero-order valence-corrected chi connectivity index (χ0v) is 17.3. The number of amides is 1. The molecule has 0 radical (unpaired) electrons. The van der Waals surface area contributed by atoms with Gasteiger partial charge < -0.3 is 10.1 Å². The normalized spacial score (nSPS) is 17.4. The van der Waals surface area contributed by atoms with Crippen LogP contribution in [-0.2, 0) is 0 Å². The van der Waals surface area contributed by atoms with Crippen molar-refractivity contribution < 1.29 is 9.53 Å². The minimum absolute atomic E-state index is 0.111. The van der Waals surface area contributed by atoms with Crippen LogP contribution in [0.1, 0.15) is 28.9 Å². The van der Waals surface area contributed by atoms with Crippen LogP contribution in [0, 0.1) is 5.92 Å². The Morgan fingerprint density at radius 1 is 1.27 bits per heavy atom. The molecule has 0 unspecified atom stereocenters. The predicted molar refractivity (Wildman–Crippen MR) is 120 cm³/mol. The van der Waals surface area contributed by atoms with Crippen molar-refractivity contribution >= 4 is 22.9 Å². The molecule has 0 saturated carbocycles. The van der Waals surface area contributed by atoms with Crippen molar-refractivity contribution in [3.8, 4) is 5.75 Å². The molecule has 2 N–H and O–H groups in total. The smallest absolute Gasteiger partial charge is 0.272 e. The molecule has 0 aliphatic carbocycles. The van der Waals surface area contributed by atoms with Crippen LogP contribution in [0.3, 0.4) is 0 Å². The maximum absolute atomic E-state index is 12.6. The summed E-state index contributed by atoms with van der Waals surface area (Å²) in [5.74, 6) is 1.23. The number of piperidine rings is 1. The van der Waals surface area contributed by atoms with E-state index >= 15 is 0 Å². The second-order valence-corrected chi connectivity index (χ2v) is 7.74. The molecule has 6 heteroatoms. The fraction of sp³-hybridized carbons (Fsp3) is 0.333. The Morgan fingerprint density at radius 3 is 3.00 bits per heavy atom. The van der Waals surface area contributed by atoms with E-state index in [0.29, 0.717) is 18.2 Å². The number of likely N-dealkylation sites (tertiary alicyclic amines) is 1. The number of nitrogens with one attached hydrogen (secondary N) is 2. The van der Waals surface area contributed by atoms with Crippen LogP contribution < -0.4 is 10.1 Å². The highest BCUT2D eigenvalue weighted by Crippen LogP contribution is 2.20. The predicted octanol–water partition coefficient (Wildman–Crippen LogP) is 3.73. The van der Waals surface area contributed by atoms with Crippen LogP contribution in [0.25, 0.3) is 17.0 Å². The van der Waals surface area contributed by atoms with Gasteiger partial charge in [-0.25, -0.2) is 0 Å². The fourth-order valence-corrected chi connectivity index (χ4v) is 4.07. The van der Waals surface area contributed by atoms with E-state index in [4.69, 9.17) is 4.74 Å². The first-order chi connectivity index (χ1) is 14.7. The van der Waals surface area contributed by atoms with Gasteiger partial charge in [-0.3, -0.25) is 14.8 Å². The molecule has 3 aromatic rings. The summed E-state index contributed by atoms with van der Waals surface area (Å²) in [6, 6.07) is 15.7. The molecule has 1 aliphatic rings. The molecule has 0 bridgehead atoms. The summed E-state index contributed by atoms with van der Waals surface area (Å²) in [6.07, 6.45) is 6.59. The lowest BCUT2D eigenvalue weighted by molar-refractivity contribution is 0.0931. The Morgan fingerprint density at radius 2 is 2.10 bits per heavy atom. The number of hydrogen-bond donors (Lipinski definition) is 2. The lowest BCUT2D eigenvalue weighted by atomic mass is 9.98. The monoisotopic (exact) mass is 404 g/mol. The molecule has 4 rings (SSSR count). The summed E-state index contributed by atoms with van der Waals surface area (Å²) in [6.45, 7) is 3.64. The molecule has 2 aromatic carbocycles. The number of ether oxygens (including phenoxy) is 1. The molecule has 0 spiro atoms. The molecule has 2 heterocycles. The number of aromatic nitrogens is 2. The Bertz CT molecular complexity index is 1030. The summed E-state index contributed by atoms with van der Waals surface area (Å²) < 4.78 is 5.40. The third-order valence-electron chi connectivity index (χ3n) is 5.64. The summed E-state index contributed by atoms with van der Waals surface area (Å²) in [4.78, 5) is 15.0. The van der Waals surface area contributed by atoms with Crippen LogP contribution in [0.2, 0.25) is 0 Å². The van der Waals surface area contributed by atoms with E-state index in [1.165, 1.54) is 0 Å². The third-order valence-corrected chi connectivity index (χ3v) is 5.64. The van der Waals surface area contributed by atoms with Gasteiger partial charge >= 0.3 is 0 Å². The molecule has 1 saturated heterocycles. The van der Waals surface area contributed by atoms with E-state index in [9.17, 15) is 4.79 Å². The molecule has 156 valence electrons. The van der Waals surface area contributed by atoms with E-state index in [-0.39, 0.29) is 5.91 Å². The average molecular weight is 405 g/mol. The van der Waals surface area contributed by atoms with Crippen molar-refractivity contribution in [3.63, 3.8) is 0 Å². The number of rotatable bonds is 7. The first kappa shape index (κ1) is 20.2. The summed E-state index contributed by atoms with van der Waals surface area (Å²) in [7, 11) is 1.70. The molecular formula is C24H28N4O2. The van der Waals surface area contributed by atoms with Crippen molar-refractivity contribution in [2.75, 3.05) is 33.3 Å². The minimum atomic E-state index is -0.111. The molecule has 1 atom stereocenters. The molecular weight excluding hydrogens is 376 g/mol. The highest BCUT2D eigenvalue weighted by molar-refractivity contribution is 6.04. The number of fused-ring (bicyclic) bond motifs is 1. The molecule has 1 aromatic heterocycles. The van der Waals surface area contributed by atoms with Gasteiger partial charge in [0.15, 0.2) is 5.69 Å².